The van der Waals surface area contributed by atoms with E-state index in [2.05, 4.69) is 17.2 Å². The molecule has 20 heavy (non-hydrogen) atoms. The van der Waals surface area contributed by atoms with Gasteiger partial charge in [-0.1, -0.05) is 6.58 Å². The number of rotatable bonds is 4. The Hall–Kier alpha value is -1.59. The van der Waals surface area contributed by atoms with Crippen LogP contribution in [0.4, 0.5) is 9.18 Å². The first-order valence-corrected chi connectivity index (χ1v) is 6.72. The van der Waals surface area contributed by atoms with E-state index in [4.69, 9.17) is 4.74 Å². The van der Waals surface area contributed by atoms with Crippen LogP contribution >= 0.6 is 0 Å². The molecule has 0 aliphatic heterocycles. The van der Waals surface area contributed by atoms with E-state index in [0.29, 0.717) is 12.8 Å². The third kappa shape index (κ3) is 5.59. The molecule has 0 aromatic rings. The molecule has 2 N–H and O–H groups in total. The zero-order valence-corrected chi connectivity index (χ0v) is 12.3. The highest BCUT2D eigenvalue weighted by molar-refractivity contribution is 5.87. The van der Waals surface area contributed by atoms with Gasteiger partial charge in [-0.3, -0.25) is 4.79 Å². The third-order valence-electron chi connectivity index (χ3n) is 3.03. The van der Waals surface area contributed by atoms with E-state index in [1.54, 1.807) is 20.8 Å². The molecule has 0 radical (unpaired) electrons. The zero-order chi connectivity index (χ0) is 15.4. The number of alkyl halides is 1. The molecule has 1 aliphatic carbocycles. The quantitative estimate of drug-likeness (QED) is 0.777. The minimum atomic E-state index is -1.50. The lowest BCUT2D eigenvalue weighted by atomic mass is 10.0. The number of halogens is 1. The Labute approximate surface area is 118 Å². The van der Waals surface area contributed by atoms with E-state index >= 15 is 0 Å². The Morgan fingerprint density at radius 2 is 2.15 bits per heavy atom. The van der Waals surface area contributed by atoms with Crippen LogP contribution in [0.15, 0.2) is 12.7 Å². The molecular formula is C14H23FN2O3. The SMILES string of the molecule is C=CC(=O)N[C@H]1CC[C@](F)(CNC(=O)OC(C)(C)C)C1. The van der Waals surface area contributed by atoms with Crippen molar-refractivity contribution in [2.24, 2.45) is 0 Å². The van der Waals surface area contributed by atoms with Crippen LogP contribution in [0.25, 0.3) is 0 Å². The average molecular weight is 286 g/mol. The monoisotopic (exact) mass is 286 g/mol. The second kappa shape index (κ2) is 6.24. The van der Waals surface area contributed by atoms with Crippen molar-refractivity contribution in [3.8, 4) is 0 Å². The first-order chi connectivity index (χ1) is 9.13. The molecule has 0 heterocycles. The summed E-state index contributed by atoms with van der Waals surface area (Å²) in [4.78, 5) is 22.6. The summed E-state index contributed by atoms with van der Waals surface area (Å²) in [5.41, 5.74) is -2.11. The Morgan fingerprint density at radius 3 is 2.70 bits per heavy atom. The zero-order valence-electron chi connectivity index (χ0n) is 12.3. The van der Waals surface area contributed by atoms with Crippen LogP contribution in [0.1, 0.15) is 40.0 Å². The molecule has 5 nitrogen and oxygen atoms in total. The maximum absolute atomic E-state index is 14.5. The van der Waals surface area contributed by atoms with E-state index in [1.165, 1.54) is 0 Å². The van der Waals surface area contributed by atoms with Gasteiger partial charge in [-0.15, -0.1) is 0 Å². The molecule has 1 aliphatic rings. The lowest BCUT2D eigenvalue weighted by Gasteiger charge is -2.23. The fourth-order valence-electron chi connectivity index (χ4n) is 2.17. The van der Waals surface area contributed by atoms with Crippen LogP contribution in [-0.4, -0.2) is 35.9 Å². The van der Waals surface area contributed by atoms with Gasteiger partial charge in [0.15, 0.2) is 0 Å². The van der Waals surface area contributed by atoms with Gasteiger partial charge in [-0.05, 0) is 39.7 Å². The van der Waals surface area contributed by atoms with Crippen molar-refractivity contribution in [3.05, 3.63) is 12.7 Å². The van der Waals surface area contributed by atoms with Crippen LogP contribution in [0.2, 0.25) is 0 Å². The van der Waals surface area contributed by atoms with Crippen molar-refractivity contribution in [3.63, 3.8) is 0 Å². The molecule has 2 atom stereocenters. The van der Waals surface area contributed by atoms with Gasteiger partial charge < -0.3 is 15.4 Å². The van der Waals surface area contributed by atoms with Crippen molar-refractivity contribution in [1.29, 1.82) is 0 Å². The molecule has 0 bridgehead atoms. The van der Waals surface area contributed by atoms with Crippen LogP contribution in [0.3, 0.4) is 0 Å². The van der Waals surface area contributed by atoms with Gasteiger partial charge in [0.25, 0.3) is 0 Å². The maximum Gasteiger partial charge on any atom is 0.407 e. The van der Waals surface area contributed by atoms with Gasteiger partial charge >= 0.3 is 6.09 Å². The van der Waals surface area contributed by atoms with Crippen molar-refractivity contribution in [2.75, 3.05) is 6.54 Å². The molecular weight excluding hydrogens is 263 g/mol. The Morgan fingerprint density at radius 1 is 1.50 bits per heavy atom. The van der Waals surface area contributed by atoms with E-state index in [-0.39, 0.29) is 24.9 Å². The number of alkyl carbamates (subject to hydrolysis) is 1. The molecule has 0 unspecified atom stereocenters. The Balaban J connectivity index is 2.39. The standard InChI is InChI=1S/C14H23FN2O3/c1-5-11(18)17-10-6-7-14(15,8-10)9-16-12(19)20-13(2,3)4/h5,10H,1,6-9H2,2-4H3,(H,16,19)(H,17,18)/t10-,14+/m0/s1. The third-order valence-corrected chi connectivity index (χ3v) is 3.03. The molecule has 0 saturated heterocycles. The van der Waals surface area contributed by atoms with Crippen molar-refractivity contribution in [1.82, 2.24) is 10.6 Å². The summed E-state index contributed by atoms with van der Waals surface area (Å²) < 4.78 is 19.5. The van der Waals surface area contributed by atoms with Crippen LogP contribution < -0.4 is 10.6 Å². The first kappa shape index (κ1) is 16.5. The van der Waals surface area contributed by atoms with Crippen LogP contribution in [0, 0.1) is 0 Å². The van der Waals surface area contributed by atoms with E-state index in [0.717, 1.165) is 6.08 Å². The fourth-order valence-corrected chi connectivity index (χ4v) is 2.17. The minimum Gasteiger partial charge on any atom is -0.444 e. The van der Waals surface area contributed by atoms with Gasteiger partial charge in [-0.25, -0.2) is 9.18 Å². The first-order valence-electron chi connectivity index (χ1n) is 6.72. The van der Waals surface area contributed by atoms with E-state index in [9.17, 15) is 14.0 Å². The average Bonchev–Trinajstić information content (AvgIpc) is 2.67. The van der Waals surface area contributed by atoms with Crippen LogP contribution in [0.5, 0.6) is 0 Å². The largest absolute Gasteiger partial charge is 0.444 e. The fraction of sp³-hybridized carbons (Fsp3) is 0.714. The summed E-state index contributed by atoms with van der Waals surface area (Å²) in [6.07, 6.45) is 1.56. The second-order valence-electron chi connectivity index (χ2n) is 6.16. The highest BCUT2D eigenvalue weighted by Gasteiger charge is 2.40. The second-order valence-corrected chi connectivity index (χ2v) is 6.16. The normalized spacial score (nSPS) is 25.9. The van der Waals surface area contributed by atoms with Gasteiger partial charge in [0.1, 0.15) is 11.3 Å². The molecule has 114 valence electrons. The lowest BCUT2D eigenvalue weighted by Crippen LogP contribution is -2.42. The topological polar surface area (TPSA) is 67.4 Å². The summed E-state index contributed by atoms with van der Waals surface area (Å²) in [6, 6.07) is -0.217. The van der Waals surface area contributed by atoms with Crippen molar-refractivity contribution < 1.29 is 18.7 Å². The maximum atomic E-state index is 14.5. The number of nitrogens with one attached hydrogen (secondary N) is 2. The number of hydrogen-bond acceptors (Lipinski definition) is 3. The van der Waals surface area contributed by atoms with Crippen molar-refractivity contribution in [2.45, 2.75) is 57.3 Å². The number of amides is 2. The van der Waals surface area contributed by atoms with E-state index < -0.39 is 17.4 Å². The predicted molar refractivity (Wildman–Crippen MR) is 74.1 cm³/mol. The molecule has 0 spiro atoms. The van der Waals surface area contributed by atoms with Gasteiger partial charge in [-0.2, -0.15) is 0 Å². The van der Waals surface area contributed by atoms with Gasteiger partial charge in [0, 0.05) is 12.5 Å². The van der Waals surface area contributed by atoms with Crippen LogP contribution in [-0.2, 0) is 9.53 Å². The van der Waals surface area contributed by atoms with E-state index in [1.807, 2.05) is 0 Å². The number of hydrogen-bond donors (Lipinski definition) is 2. The molecule has 0 aromatic heterocycles. The lowest BCUT2D eigenvalue weighted by molar-refractivity contribution is -0.117. The minimum absolute atomic E-state index is 0.109. The molecule has 1 fully saturated rings. The summed E-state index contributed by atoms with van der Waals surface area (Å²) in [7, 11) is 0. The molecule has 1 rings (SSSR count). The Kier molecular flexibility index (Phi) is 5.14. The van der Waals surface area contributed by atoms with Gasteiger partial charge in [0.05, 0.1) is 6.54 Å². The summed E-state index contributed by atoms with van der Waals surface area (Å²) >= 11 is 0. The molecule has 1 saturated carbocycles. The summed E-state index contributed by atoms with van der Waals surface area (Å²) in [5, 5.41) is 5.11. The predicted octanol–water partition coefficient (Wildman–Crippen LogP) is 2.07. The number of carbonyl (C=O) groups excluding carboxylic acids is 2. The molecule has 2 amide bonds. The summed E-state index contributed by atoms with van der Waals surface area (Å²) in [6.45, 7) is 8.48. The Bertz CT molecular complexity index is 392. The number of ether oxygens (including phenoxy) is 1. The number of carbonyl (C=O) groups is 2. The molecule has 0 aromatic carbocycles. The van der Waals surface area contributed by atoms with Crippen molar-refractivity contribution >= 4 is 12.0 Å². The smallest absolute Gasteiger partial charge is 0.407 e. The highest BCUT2D eigenvalue weighted by atomic mass is 19.1. The highest BCUT2D eigenvalue weighted by Crippen LogP contribution is 2.33. The summed E-state index contributed by atoms with van der Waals surface area (Å²) in [5.74, 6) is -0.306. The molecule has 6 heteroatoms. The van der Waals surface area contributed by atoms with Gasteiger partial charge in [0.2, 0.25) is 5.91 Å².